The molecule has 2 aromatic carbocycles. The summed E-state index contributed by atoms with van der Waals surface area (Å²) in [5.74, 6) is 0.659. The fourth-order valence-electron chi connectivity index (χ4n) is 3.48. The Kier molecular flexibility index (Phi) is 4.44. The quantitative estimate of drug-likeness (QED) is 0.463. The minimum Gasteiger partial charge on any atom is -0.460 e. The lowest BCUT2D eigenvalue weighted by Gasteiger charge is -2.11. The monoisotopic (exact) mass is 401 g/mol. The van der Waals surface area contributed by atoms with Crippen LogP contribution >= 0.6 is 0 Å². The predicted molar refractivity (Wildman–Crippen MR) is 112 cm³/mol. The molecular weight excluding hydrogens is 385 g/mol. The third kappa shape index (κ3) is 3.18. The van der Waals surface area contributed by atoms with Crippen LogP contribution in [-0.4, -0.2) is 26.5 Å². The average molecular weight is 401 g/mol. The van der Waals surface area contributed by atoms with E-state index in [1.54, 1.807) is 6.33 Å². The number of anilines is 1. The van der Waals surface area contributed by atoms with E-state index in [1.165, 1.54) is 24.5 Å². The van der Waals surface area contributed by atoms with E-state index in [-0.39, 0.29) is 10.8 Å². The second-order valence-electron chi connectivity index (χ2n) is 6.74. The molecule has 0 radical (unpaired) electrons. The second kappa shape index (κ2) is 7.40. The Morgan fingerprint density at radius 1 is 1.07 bits per heavy atom. The number of nitrogens with one attached hydrogen (secondary N) is 2. The lowest BCUT2D eigenvalue weighted by atomic mass is 10.0. The van der Waals surface area contributed by atoms with Crippen LogP contribution in [-0.2, 0) is 6.42 Å². The number of hydrogen-bond acceptors (Lipinski definition) is 6. The second-order valence-corrected chi connectivity index (χ2v) is 6.74. The summed E-state index contributed by atoms with van der Waals surface area (Å²) < 4.78 is 19.8. The molecule has 0 saturated carbocycles. The van der Waals surface area contributed by atoms with Crippen molar-refractivity contribution in [3.63, 3.8) is 0 Å². The Morgan fingerprint density at radius 2 is 1.93 bits per heavy atom. The molecule has 0 amide bonds. The van der Waals surface area contributed by atoms with E-state index < -0.39 is 5.82 Å². The highest BCUT2D eigenvalue weighted by atomic mass is 19.1. The summed E-state index contributed by atoms with van der Waals surface area (Å²) >= 11 is 0. The van der Waals surface area contributed by atoms with Gasteiger partial charge in [-0.05, 0) is 23.8 Å². The van der Waals surface area contributed by atoms with Crippen LogP contribution in [0.1, 0.15) is 5.76 Å². The van der Waals surface area contributed by atoms with Gasteiger partial charge in [-0.15, -0.1) is 0 Å². The van der Waals surface area contributed by atoms with Crippen molar-refractivity contribution in [3.05, 3.63) is 83.0 Å². The van der Waals surface area contributed by atoms with Crippen molar-refractivity contribution in [1.29, 1.82) is 0 Å². The first-order chi connectivity index (χ1) is 14.7. The average Bonchev–Trinajstić information content (AvgIpc) is 3.25. The van der Waals surface area contributed by atoms with Gasteiger partial charge in [0.15, 0.2) is 11.5 Å². The van der Waals surface area contributed by atoms with Gasteiger partial charge in [0.05, 0.1) is 17.3 Å². The highest BCUT2D eigenvalue weighted by molar-refractivity contribution is 5.83. The van der Waals surface area contributed by atoms with Crippen LogP contribution in [0.5, 0.6) is 0 Å². The maximum Gasteiger partial charge on any atom is 0.200 e. The van der Waals surface area contributed by atoms with E-state index in [9.17, 15) is 9.18 Å². The first-order valence-electron chi connectivity index (χ1n) is 9.39. The molecule has 0 aliphatic rings. The summed E-state index contributed by atoms with van der Waals surface area (Å²) in [7, 11) is 0. The number of nitrogens with zero attached hydrogens (tertiary/aromatic N) is 3. The molecule has 0 unspecified atom stereocenters. The van der Waals surface area contributed by atoms with Gasteiger partial charge in [-0.2, -0.15) is 0 Å². The molecule has 0 atom stereocenters. The van der Waals surface area contributed by atoms with Gasteiger partial charge >= 0.3 is 0 Å². The number of aromatic nitrogens is 4. The number of H-pyrrole nitrogens is 1. The Hall–Kier alpha value is -4.07. The molecule has 3 heterocycles. The minimum absolute atomic E-state index is 0.223. The molecular formula is C22H16FN5O2. The van der Waals surface area contributed by atoms with Crippen molar-refractivity contribution < 1.29 is 8.81 Å². The van der Waals surface area contributed by atoms with Crippen molar-refractivity contribution >= 4 is 28.0 Å². The Balaban J connectivity index is 1.53. The van der Waals surface area contributed by atoms with Gasteiger partial charge < -0.3 is 14.7 Å². The van der Waals surface area contributed by atoms with Crippen LogP contribution in [0.25, 0.3) is 33.3 Å². The third-order valence-corrected chi connectivity index (χ3v) is 4.86. The molecule has 148 valence electrons. The summed E-state index contributed by atoms with van der Waals surface area (Å²) in [4.78, 5) is 28.6. The van der Waals surface area contributed by atoms with Crippen LogP contribution in [0.15, 0.2) is 70.4 Å². The number of benzene rings is 2. The Labute approximate surface area is 169 Å². The van der Waals surface area contributed by atoms with E-state index in [0.29, 0.717) is 46.9 Å². The van der Waals surface area contributed by atoms with Crippen LogP contribution < -0.4 is 10.7 Å². The third-order valence-electron chi connectivity index (χ3n) is 4.86. The number of fused-ring (bicyclic) bond motifs is 2. The lowest BCUT2D eigenvalue weighted by Crippen LogP contribution is -2.13. The van der Waals surface area contributed by atoms with Crippen molar-refractivity contribution in [2.24, 2.45) is 0 Å². The zero-order chi connectivity index (χ0) is 20.5. The van der Waals surface area contributed by atoms with Crippen molar-refractivity contribution in [2.75, 3.05) is 11.9 Å². The first-order valence-corrected chi connectivity index (χ1v) is 9.39. The van der Waals surface area contributed by atoms with Crippen molar-refractivity contribution in [2.45, 2.75) is 6.42 Å². The van der Waals surface area contributed by atoms with Gasteiger partial charge in [-0.3, -0.25) is 4.79 Å². The van der Waals surface area contributed by atoms with E-state index >= 15 is 0 Å². The number of halogens is 1. The van der Waals surface area contributed by atoms with Gasteiger partial charge in [-0.25, -0.2) is 19.3 Å². The first kappa shape index (κ1) is 18.0. The lowest BCUT2D eigenvalue weighted by molar-refractivity contribution is 0.540. The number of imidazole rings is 1. The molecule has 5 rings (SSSR count). The van der Waals surface area contributed by atoms with Crippen molar-refractivity contribution in [1.82, 2.24) is 19.9 Å². The van der Waals surface area contributed by atoms with Gasteiger partial charge in [0, 0.05) is 13.0 Å². The molecule has 0 aliphatic heterocycles. The van der Waals surface area contributed by atoms with Gasteiger partial charge in [-0.1, -0.05) is 30.3 Å². The van der Waals surface area contributed by atoms with Crippen molar-refractivity contribution in [3.8, 4) is 11.1 Å². The number of aromatic amines is 1. The summed E-state index contributed by atoms with van der Waals surface area (Å²) in [6.07, 6.45) is 3.41. The molecule has 0 fully saturated rings. The van der Waals surface area contributed by atoms with Gasteiger partial charge in [0.2, 0.25) is 5.43 Å². The normalized spacial score (nSPS) is 11.2. The fraction of sp³-hybridized carbons (Fsp3) is 0.0909. The molecule has 0 bridgehead atoms. The topological polar surface area (TPSA) is 96.7 Å². The zero-order valence-electron chi connectivity index (χ0n) is 15.7. The maximum atomic E-state index is 13.7. The highest BCUT2D eigenvalue weighted by Gasteiger charge is 2.17. The van der Waals surface area contributed by atoms with Crippen LogP contribution in [0.3, 0.4) is 0 Å². The number of rotatable bonds is 5. The molecule has 0 spiro atoms. The molecule has 0 aliphatic carbocycles. The Morgan fingerprint density at radius 3 is 2.80 bits per heavy atom. The SMILES string of the molecule is O=c1c(-c2ccccc2)c(CCNc2ncnc3nc[nH]c23)oc2ccc(F)cc12. The molecule has 0 saturated heterocycles. The fourth-order valence-corrected chi connectivity index (χ4v) is 3.48. The largest absolute Gasteiger partial charge is 0.460 e. The molecule has 2 N–H and O–H groups in total. The van der Waals surface area contributed by atoms with Crippen LogP contribution in [0.4, 0.5) is 10.2 Å². The minimum atomic E-state index is -0.476. The molecule has 3 aromatic heterocycles. The van der Waals surface area contributed by atoms with E-state index in [1.807, 2.05) is 30.3 Å². The predicted octanol–water partition coefficient (Wildman–Crippen LogP) is 3.92. The van der Waals surface area contributed by atoms with Crippen LogP contribution in [0.2, 0.25) is 0 Å². The molecule has 7 nitrogen and oxygen atoms in total. The summed E-state index contributed by atoms with van der Waals surface area (Å²) in [6, 6.07) is 13.2. The van der Waals surface area contributed by atoms with Crippen LogP contribution in [0, 0.1) is 5.82 Å². The molecule has 8 heteroatoms. The number of hydrogen-bond donors (Lipinski definition) is 2. The highest BCUT2D eigenvalue weighted by Crippen LogP contribution is 2.25. The summed E-state index contributed by atoms with van der Waals surface area (Å²) in [5.41, 5.74) is 2.53. The van der Waals surface area contributed by atoms with E-state index in [0.717, 1.165) is 5.56 Å². The van der Waals surface area contributed by atoms with Gasteiger partial charge in [0.25, 0.3) is 0 Å². The summed E-state index contributed by atoms with van der Waals surface area (Å²) in [5, 5.41) is 3.46. The van der Waals surface area contributed by atoms with E-state index in [2.05, 4.69) is 25.3 Å². The molecule has 5 aromatic rings. The van der Waals surface area contributed by atoms with Gasteiger partial charge in [0.1, 0.15) is 29.0 Å². The zero-order valence-corrected chi connectivity index (χ0v) is 15.7. The Bertz CT molecular complexity index is 1410. The molecule has 30 heavy (non-hydrogen) atoms. The smallest absolute Gasteiger partial charge is 0.200 e. The standard InChI is InChI=1S/C22H16FN5O2/c23-14-6-7-16-15(10-14)20(29)18(13-4-2-1-3-5-13)17(30-16)8-9-24-21-19-22(26-11-25-19)28-12-27-21/h1-7,10-12H,8-9H2,(H2,24,25,26,27,28). The van der Waals surface area contributed by atoms with E-state index in [4.69, 9.17) is 4.42 Å². The maximum absolute atomic E-state index is 13.7. The summed E-state index contributed by atoms with van der Waals surface area (Å²) in [6.45, 7) is 0.459.